The summed E-state index contributed by atoms with van der Waals surface area (Å²) in [6.07, 6.45) is 1.71. The summed E-state index contributed by atoms with van der Waals surface area (Å²) in [6.45, 7) is 6.27. The Bertz CT molecular complexity index is 978. The predicted molar refractivity (Wildman–Crippen MR) is 116 cm³/mol. The molecule has 0 aliphatic carbocycles. The molecular weight excluding hydrogens is 381 g/mol. The molecule has 1 aromatic heterocycles. The third-order valence-electron chi connectivity index (χ3n) is 5.13. The third-order valence-corrected chi connectivity index (χ3v) is 5.13. The number of guanidine groups is 1. The molecule has 4 rings (SSSR count). The zero-order valence-corrected chi connectivity index (χ0v) is 17.1. The second-order valence-corrected chi connectivity index (χ2v) is 7.05. The Hall–Kier alpha value is -3.42. The number of halogens is 1. The molecule has 1 fully saturated rings. The van der Waals surface area contributed by atoms with Crippen LogP contribution in [0.15, 0.2) is 65.9 Å². The fourth-order valence-electron chi connectivity index (χ4n) is 3.61. The Balaban J connectivity index is 1.44. The van der Waals surface area contributed by atoms with E-state index in [1.807, 2.05) is 47.0 Å². The molecule has 0 saturated carbocycles. The van der Waals surface area contributed by atoms with Crippen LogP contribution in [-0.2, 0) is 6.54 Å². The molecule has 7 nitrogen and oxygen atoms in total. The molecule has 3 aromatic rings. The lowest BCUT2D eigenvalue weighted by molar-refractivity contribution is 0.370. The molecule has 0 atom stereocenters. The quantitative estimate of drug-likeness (QED) is 0.521. The molecule has 2 aromatic carbocycles. The van der Waals surface area contributed by atoms with Crippen molar-refractivity contribution < 1.29 is 4.39 Å². The molecule has 30 heavy (non-hydrogen) atoms. The molecule has 1 saturated heterocycles. The van der Waals surface area contributed by atoms with Gasteiger partial charge in [0.1, 0.15) is 18.7 Å². The summed E-state index contributed by atoms with van der Waals surface area (Å²) in [5.41, 5.74) is 1.67. The van der Waals surface area contributed by atoms with E-state index in [1.54, 1.807) is 12.4 Å². The molecule has 0 bridgehead atoms. The standard InChI is InChI=1S/C22H26FN7/c1-2-24-22(25-16-21-27-26-17-30(21)18-8-4-3-5-9-18)29-14-12-28(13-15-29)20-11-7-6-10-19(20)23/h3-11,17H,2,12-16H2,1H3,(H,24,25). The largest absolute Gasteiger partial charge is 0.366 e. The number of rotatable bonds is 5. The first kappa shape index (κ1) is 19.9. The number of anilines is 1. The number of nitrogens with zero attached hydrogens (tertiary/aromatic N) is 6. The van der Waals surface area contributed by atoms with E-state index in [0.29, 0.717) is 12.2 Å². The first-order valence-electron chi connectivity index (χ1n) is 10.2. The Labute approximate surface area is 175 Å². The van der Waals surface area contributed by atoms with Gasteiger partial charge in [-0.2, -0.15) is 0 Å². The van der Waals surface area contributed by atoms with Crippen LogP contribution < -0.4 is 10.2 Å². The van der Waals surface area contributed by atoms with Crippen molar-refractivity contribution in [1.29, 1.82) is 0 Å². The number of aliphatic imine (C=N–C) groups is 1. The number of piperazine rings is 1. The van der Waals surface area contributed by atoms with Gasteiger partial charge in [0.05, 0.1) is 5.69 Å². The van der Waals surface area contributed by atoms with Crippen molar-refractivity contribution in [3.05, 3.63) is 72.6 Å². The fourth-order valence-corrected chi connectivity index (χ4v) is 3.61. The summed E-state index contributed by atoms with van der Waals surface area (Å²) in [6, 6.07) is 16.9. The van der Waals surface area contributed by atoms with Crippen LogP contribution in [0.1, 0.15) is 12.7 Å². The lowest BCUT2D eigenvalue weighted by Crippen LogP contribution is -2.52. The van der Waals surface area contributed by atoms with Gasteiger partial charge >= 0.3 is 0 Å². The van der Waals surface area contributed by atoms with Crippen LogP contribution in [0.4, 0.5) is 10.1 Å². The van der Waals surface area contributed by atoms with Crippen LogP contribution in [0.5, 0.6) is 0 Å². The van der Waals surface area contributed by atoms with E-state index in [1.165, 1.54) is 6.07 Å². The summed E-state index contributed by atoms with van der Waals surface area (Å²) >= 11 is 0. The van der Waals surface area contributed by atoms with E-state index >= 15 is 0 Å². The fraction of sp³-hybridized carbons (Fsp3) is 0.318. The van der Waals surface area contributed by atoms with Gasteiger partial charge in [-0.25, -0.2) is 9.38 Å². The Kier molecular flexibility index (Phi) is 6.22. The van der Waals surface area contributed by atoms with Crippen LogP contribution in [0, 0.1) is 5.82 Å². The first-order chi connectivity index (χ1) is 14.8. The first-order valence-corrected chi connectivity index (χ1v) is 10.2. The molecule has 1 aliphatic rings. The predicted octanol–water partition coefficient (Wildman–Crippen LogP) is 2.69. The zero-order valence-electron chi connectivity index (χ0n) is 17.1. The molecule has 0 unspecified atom stereocenters. The highest BCUT2D eigenvalue weighted by Gasteiger charge is 2.21. The smallest absolute Gasteiger partial charge is 0.194 e. The second-order valence-electron chi connectivity index (χ2n) is 7.05. The highest BCUT2D eigenvalue weighted by atomic mass is 19.1. The second kappa shape index (κ2) is 9.39. The lowest BCUT2D eigenvalue weighted by atomic mass is 10.2. The van der Waals surface area contributed by atoms with Crippen molar-refractivity contribution in [2.24, 2.45) is 4.99 Å². The molecule has 1 N–H and O–H groups in total. The Morgan fingerprint density at radius 2 is 1.77 bits per heavy atom. The topological polar surface area (TPSA) is 61.6 Å². The van der Waals surface area contributed by atoms with E-state index < -0.39 is 0 Å². The summed E-state index contributed by atoms with van der Waals surface area (Å²) in [5.74, 6) is 1.45. The van der Waals surface area contributed by atoms with Crippen LogP contribution in [0.25, 0.3) is 5.69 Å². The average molecular weight is 407 g/mol. The summed E-state index contributed by atoms with van der Waals surface area (Å²) < 4.78 is 16.0. The number of hydrogen-bond acceptors (Lipinski definition) is 4. The van der Waals surface area contributed by atoms with Gasteiger partial charge in [-0.1, -0.05) is 30.3 Å². The van der Waals surface area contributed by atoms with Crippen LogP contribution >= 0.6 is 0 Å². The zero-order chi connectivity index (χ0) is 20.8. The van der Waals surface area contributed by atoms with Gasteiger partial charge in [0.2, 0.25) is 0 Å². The number of para-hydroxylation sites is 2. The van der Waals surface area contributed by atoms with E-state index in [4.69, 9.17) is 4.99 Å². The van der Waals surface area contributed by atoms with Gasteiger partial charge in [0.15, 0.2) is 11.8 Å². The maximum Gasteiger partial charge on any atom is 0.194 e. The van der Waals surface area contributed by atoms with Crippen LogP contribution in [-0.4, -0.2) is 58.3 Å². The molecule has 0 amide bonds. The molecule has 2 heterocycles. The van der Waals surface area contributed by atoms with Gasteiger partial charge in [0.25, 0.3) is 0 Å². The minimum Gasteiger partial charge on any atom is -0.366 e. The summed E-state index contributed by atoms with van der Waals surface area (Å²) in [7, 11) is 0. The Morgan fingerprint density at radius 1 is 1.03 bits per heavy atom. The van der Waals surface area contributed by atoms with Gasteiger partial charge in [-0.15, -0.1) is 10.2 Å². The number of nitrogens with one attached hydrogen (secondary N) is 1. The third kappa shape index (κ3) is 4.42. The van der Waals surface area contributed by atoms with E-state index in [-0.39, 0.29) is 5.82 Å². The van der Waals surface area contributed by atoms with Crippen molar-refractivity contribution in [2.75, 3.05) is 37.6 Å². The number of benzene rings is 2. The average Bonchev–Trinajstić information content (AvgIpc) is 3.26. The minimum absolute atomic E-state index is 0.174. The normalized spacial score (nSPS) is 14.8. The number of hydrogen-bond donors (Lipinski definition) is 1. The highest BCUT2D eigenvalue weighted by Crippen LogP contribution is 2.20. The molecule has 156 valence electrons. The van der Waals surface area contributed by atoms with Crippen molar-refractivity contribution in [3.8, 4) is 5.69 Å². The van der Waals surface area contributed by atoms with Crippen LogP contribution in [0.3, 0.4) is 0 Å². The number of aromatic nitrogens is 3. The highest BCUT2D eigenvalue weighted by molar-refractivity contribution is 5.80. The maximum atomic E-state index is 14.1. The lowest BCUT2D eigenvalue weighted by Gasteiger charge is -2.37. The summed E-state index contributed by atoms with van der Waals surface area (Å²) in [4.78, 5) is 9.09. The monoisotopic (exact) mass is 407 g/mol. The Morgan fingerprint density at radius 3 is 2.50 bits per heavy atom. The van der Waals surface area contributed by atoms with Crippen molar-refractivity contribution >= 4 is 11.6 Å². The molecule has 0 radical (unpaired) electrons. The minimum atomic E-state index is -0.174. The molecule has 1 aliphatic heterocycles. The van der Waals surface area contributed by atoms with E-state index in [9.17, 15) is 4.39 Å². The van der Waals surface area contributed by atoms with Gasteiger partial charge in [-0.3, -0.25) is 4.57 Å². The molecular formula is C22H26FN7. The van der Waals surface area contributed by atoms with E-state index in [0.717, 1.165) is 50.2 Å². The van der Waals surface area contributed by atoms with Crippen molar-refractivity contribution in [2.45, 2.75) is 13.5 Å². The maximum absolute atomic E-state index is 14.1. The van der Waals surface area contributed by atoms with Crippen molar-refractivity contribution in [1.82, 2.24) is 25.0 Å². The SMILES string of the molecule is CCNC(=NCc1nncn1-c1ccccc1)N1CCN(c2ccccc2F)CC1. The van der Waals surface area contributed by atoms with Gasteiger partial charge in [-0.05, 0) is 31.2 Å². The van der Waals surface area contributed by atoms with Crippen LogP contribution in [0.2, 0.25) is 0 Å². The van der Waals surface area contributed by atoms with Crippen molar-refractivity contribution in [3.63, 3.8) is 0 Å². The molecule has 0 spiro atoms. The van der Waals surface area contributed by atoms with E-state index in [2.05, 4.69) is 32.2 Å². The molecule has 8 heteroatoms. The van der Waals surface area contributed by atoms with Gasteiger partial charge in [0, 0.05) is 38.4 Å². The van der Waals surface area contributed by atoms with Gasteiger partial charge < -0.3 is 15.1 Å². The summed E-state index contributed by atoms with van der Waals surface area (Å²) in [5, 5.41) is 11.7.